The number of aryl methyl sites for hydroxylation is 1. The molecular formula is C31H31N11O2. The second kappa shape index (κ2) is 10.7. The normalized spacial score (nSPS) is 15.7. The zero-order valence-electron chi connectivity index (χ0n) is 24.8. The lowest BCUT2D eigenvalue weighted by Crippen LogP contribution is -2.57. The summed E-state index contributed by atoms with van der Waals surface area (Å²) in [5.74, 6) is 0.786. The minimum absolute atomic E-state index is 0.102. The average Bonchev–Trinajstić information content (AvgIpc) is 3.36. The highest BCUT2D eigenvalue weighted by molar-refractivity contribution is 5.95. The number of amides is 1. The van der Waals surface area contributed by atoms with Crippen molar-refractivity contribution in [1.82, 2.24) is 43.9 Å². The Morgan fingerprint density at radius 1 is 0.977 bits per heavy atom. The summed E-state index contributed by atoms with van der Waals surface area (Å²) in [5, 5.41) is 4.32. The van der Waals surface area contributed by atoms with Gasteiger partial charge in [-0.15, -0.1) is 0 Å². The summed E-state index contributed by atoms with van der Waals surface area (Å²) < 4.78 is 3.13. The van der Waals surface area contributed by atoms with Crippen molar-refractivity contribution in [3.63, 3.8) is 0 Å². The molecule has 13 heteroatoms. The molecule has 7 rings (SSSR count). The van der Waals surface area contributed by atoms with E-state index in [9.17, 15) is 9.59 Å². The standard InChI is InChI=1S/C31H31N11O2/c1-19-16-20(10-11-23(19)40-15-14-39(4)25(18-40)29(44)38(2)3)35-30-34-17-22-26(37-30)36-27-21-8-5-6-9-24(21)41(42(27)28(22)43)31-32-12-7-13-33-31/h5-13,16-17,25H,14-15,18H2,1-4H3,(H,34,35,37). The molecule has 1 unspecified atom stereocenters. The predicted molar refractivity (Wildman–Crippen MR) is 169 cm³/mol. The first-order chi connectivity index (χ1) is 21.3. The number of hydrogen-bond donors (Lipinski definition) is 1. The summed E-state index contributed by atoms with van der Waals surface area (Å²) in [7, 11) is 5.59. The monoisotopic (exact) mass is 589 g/mol. The molecule has 1 aliphatic heterocycles. The van der Waals surface area contributed by atoms with Gasteiger partial charge in [0.25, 0.3) is 5.56 Å². The molecule has 5 heterocycles. The van der Waals surface area contributed by atoms with Crippen molar-refractivity contribution in [1.29, 1.82) is 0 Å². The number of anilines is 3. The Balaban J connectivity index is 1.22. The number of benzene rings is 2. The maximum Gasteiger partial charge on any atom is 0.284 e. The Kier molecular flexibility index (Phi) is 6.66. The van der Waals surface area contributed by atoms with Gasteiger partial charge in [0.15, 0.2) is 11.3 Å². The maximum absolute atomic E-state index is 13.8. The molecule has 0 saturated carbocycles. The van der Waals surface area contributed by atoms with Crippen LogP contribution in [0.25, 0.3) is 33.5 Å². The molecule has 2 aromatic carbocycles. The van der Waals surface area contributed by atoms with Crippen LogP contribution in [0, 0.1) is 6.92 Å². The summed E-state index contributed by atoms with van der Waals surface area (Å²) >= 11 is 0. The first-order valence-electron chi connectivity index (χ1n) is 14.3. The Morgan fingerprint density at radius 3 is 2.55 bits per heavy atom. The van der Waals surface area contributed by atoms with Crippen molar-refractivity contribution in [2.45, 2.75) is 13.0 Å². The molecule has 4 aromatic heterocycles. The second-order valence-electron chi connectivity index (χ2n) is 11.2. The Bertz CT molecular complexity index is 2110. The molecule has 1 fully saturated rings. The maximum atomic E-state index is 13.8. The molecule has 0 bridgehead atoms. The van der Waals surface area contributed by atoms with Crippen LogP contribution in [0.4, 0.5) is 17.3 Å². The molecule has 0 aliphatic carbocycles. The molecule has 6 aromatic rings. The Hall–Kier alpha value is -5.43. The third-order valence-corrected chi connectivity index (χ3v) is 8.09. The van der Waals surface area contributed by atoms with E-state index in [0.29, 0.717) is 24.1 Å². The lowest BCUT2D eigenvalue weighted by molar-refractivity contribution is -0.134. The topological polar surface area (TPSA) is 130 Å². The highest BCUT2D eigenvalue weighted by atomic mass is 16.2. The van der Waals surface area contributed by atoms with Gasteiger partial charge in [-0.25, -0.2) is 24.6 Å². The van der Waals surface area contributed by atoms with Gasteiger partial charge in [-0.1, -0.05) is 12.1 Å². The van der Waals surface area contributed by atoms with Gasteiger partial charge in [0, 0.05) is 69.1 Å². The van der Waals surface area contributed by atoms with E-state index in [1.165, 1.54) is 10.7 Å². The van der Waals surface area contributed by atoms with Crippen LogP contribution in [-0.4, -0.2) is 96.6 Å². The van der Waals surface area contributed by atoms with E-state index in [0.717, 1.165) is 40.9 Å². The van der Waals surface area contributed by atoms with Crippen LogP contribution in [0.1, 0.15) is 5.56 Å². The zero-order chi connectivity index (χ0) is 30.5. The van der Waals surface area contributed by atoms with E-state index >= 15 is 0 Å². The van der Waals surface area contributed by atoms with Crippen molar-refractivity contribution in [2.75, 3.05) is 51.0 Å². The highest BCUT2D eigenvalue weighted by Gasteiger charge is 2.31. The number of rotatable bonds is 5. The smallest absolute Gasteiger partial charge is 0.284 e. The van der Waals surface area contributed by atoms with Crippen LogP contribution in [0.5, 0.6) is 0 Å². The largest absolute Gasteiger partial charge is 0.368 e. The number of fused-ring (bicyclic) bond motifs is 4. The zero-order valence-corrected chi connectivity index (χ0v) is 24.8. The number of nitrogens with zero attached hydrogens (tertiary/aromatic N) is 10. The van der Waals surface area contributed by atoms with Gasteiger partial charge in [0.1, 0.15) is 11.4 Å². The Labute approximate surface area is 252 Å². The van der Waals surface area contributed by atoms with Crippen molar-refractivity contribution >= 4 is 50.8 Å². The fourth-order valence-electron chi connectivity index (χ4n) is 5.81. The highest BCUT2D eigenvalue weighted by Crippen LogP contribution is 2.28. The SMILES string of the molecule is Cc1cc(Nc2ncc3c(=O)n4c(nc3n2)c2ccccc2n4-c2ncccn2)ccc1N1CCN(C)C(C(=O)N(C)C)C1. The lowest BCUT2D eigenvalue weighted by Gasteiger charge is -2.41. The van der Waals surface area contributed by atoms with Gasteiger partial charge in [0.2, 0.25) is 17.8 Å². The van der Waals surface area contributed by atoms with E-state index in [1.54, 1.807) is 42.1 Å². The van der Waals surface area contributed by atoms with Crippen molar-refractivity contribution in [2.24, 2.45) is 0 Å². The molecule has 1 N–H and O–H groups in total. The summed E-state index contributed by atoms with van der Waals surface area (Å²) in [4.78, 5) is 55.2. The molecule has 13 nitrogen and oxygen atoms in total. The third kappa shape index (κ3) is 4.57. The molecule has 1 saturated heterocycles. The number of hydrogen-bond acceptors (Lipinski definition) is 10. The molecule has 0 radical (unpaired) electrons. The predicted octanol–water partition coefficient (Wildman–Crippen LogP) is 2.63. The van der Waals surface area contributed by atoms with Crippen LogP contribution in [0.3, 0.4) is 0 Å². The molecular weight excluding hydrogens is 558 g/mol. The van der Waals surface area contributed by atoms with Crippen molar-refractivity contribution < 1.29 is 4.79 Å². The van der Waals surface area contributed by atoms with Gasteiger partial charge in [-0.05, 0) is 55.9 Å². The second-order valence-corrected chi connectivity index (χ2v) is 11.2. The van der Waals surface area contributed by atoms with Crippen LogP contribution in [0.2, 0.25) is 0 Å². The van der Waals surface area contributed by atoms with E-state index < -0.39 is 0 Å². The van der Waals surface area contributed by atoms with Crippen molar-refractivity contribution in [3.05, 3.63) is 83.0 Å². The van der Waals surface area contributed by atoms with Crippen LogP contribution in [0.15, 0.2) is 71.9 Å². The average molecular weight is 590 g/mol. The third-order valence-electron chi connectivity index (χ3n) is 8.09. The van der Waals surface area contributed by atoms with E-state index in [4.69, 9.17) is 4.98 Å². The minimum Gasteiger partial charge on any atom is -0.368 e. The number of aromatic nitrogens is 7. The van der Waals surface area contributed by atoms with Gasteiger partial charge in [0.05, 0.1) is 5.52 Å². The molecule has 1 aliphatic rings. The lowest BCUT2D eigenvalue weighted by atomic mass is 10.1. The van der Waals surface area contributed by atoms with Crippen molar-refractivity contribution in [3.8, 4) is 5.95 Å². The van der Waals surface area contributed by atoms with Gasteiger partial charge < -0.3 is 15.1 Å². The van der Waals surface area contributed by atoms with Gasteiger partial charge >= 0.3 is 0 Å². The van der Waals surface area contributed by atoms with E-state index in [-0.39, 0.29) is 28.5 Å². The molecule has 1 atom stereocenters. The fourth-order valence-corrected chi connectivity index (χ4v) is 5.81. The quantitative estimate of drug-likeness (QED) is 0.320. The summed E-state index contributed by atoms with van der Waals surface area (Å²) in [6, 6.07) is 15.2. The van der Waals surface area contributed by atoms with Gasteiger partial charge in [-0.3, -0.25) is 14.5 Å². The van der Waals surface area contributed by atoms with Crippen LogP contribution < -0.4 is 15.8 Å². The summed E-state index contributed by atoms with van der Waals surface area (Å²) in [6.07, 6.45) is 4.76. The summed E-state index contributed by atoms with van der Waals surface area (Å²) in [5.41, 5.74) is 4.11. The number of likely N-dealkylation sites (N-methyl/N-ethyl adjacent to an activating group) is 2. The number of piperazine rings is 1. The van der Waals surface area contributed by atoms with Crippen LogP contribution >= 0.6 is 0 Å². The molecule has 1 amide bonds. The first-order valence-corrected chi connectivity index (χ1v) is 14.3. The Morgan fingerprint density at radius 2 is 1.77 bits per heavy atom. The first kappa shape index (κ1) is 27.4. The number of carbonyl (C=O) groups is 1. The fraction of sp³-hybridized carbons (Fsp3) is 0.258. The van der Waals surface area contributed by atoms with Crippen LogP contribution in [-0.2, 0) is 4.79 Å². The number of nitrogens with one attached hydrogen (secondary N) is 1. The minimum atomic E-state index is -0.321. The number of carbonyl (C=O) groups excluding carboxylic acids is 1. The molecule has 222 valence electrons. The summed E-state index contributed by atoms with van der Waals surface area (Å²) in [6.45, 7) is 4.30. The van der Waals surface area contributed by atoms with Gasteiger partial charge in [-0.2, -0.15) is 9.50 Å². The number of para-hydroxylation sites is 1. The van der Waals surface area contributed by atoms with E-state index in [2.05, 4.69) is 41.1 Å². The molecule has 0 spiro atoms. The molecule has 44 heavy (non-hydrogen) atoms. The van der Waals surface area contributed by atoms with E-state index in [1.807, 2.05) is 50.4 Å².